The third-order valence-electron chi connectivity index (χ3n) is 7.00. The molecule has 1 aliphatic carbocycles. The van der Waals surface area contributed by atoms with Crippen LogP contribution in [0.5, 0.6) is 0 Å². The largest absolute Gasteiger partial charge is 0.351 e. The lowest BCUT2D eigenvalue weighted by Crippen LogP contribution is -2.46. The number of halogens is 1. The van der Waals surface area contributed by atoms with Crippen LogP contribution in [0.25, 0.3) is 0 Å². The van der Waals surface area contributed by atoms with Gasteiger partial charge in [-0.1, -0.05) is 60.3 Å². The van der Waals surface area contributed by atoms with E-state index in [0.717, 1.165) is 36.8 Å². The first-order valence-electron chi connectivity index (χ1n) is 13.5. The van der Waals surface area contributed by atoms with Crippen LogP contribution in [0.4, 0.5) is 11.5 Å². The molecule has 0 aliphatic heterocycles. The van der Waals surface area contributed by atoms with Crippen LogP contribution >= 0.6 is 11.6 Å². The molecule has 1 saturated carbocycles. The molecule has 7 nitrogen and oxygen atoms in total. The molecule has 39 heavy (non-hydrogen) atoms. The Morgan fingerprint density at radius 1 is 1.00 bits per heavy atom. The minimum Gasteiger partial charge on any atom is -0.351 e. The molecule has 0 spiro atoms. The van der Waals surface area contributed by atoms with Crippen molar-refractivity contribution in [1.82, 2.24) is 10.3 Å². The van der Waals surface area contributed by atoms with E-state index in [0.29, 0.717) is 28.5 Å². The average molecular weight is 547 g/mol. The van der Waals surface area contributed by atoms with Gasteiger partial charge in [-0.2, -0.15) is 0 Å². The number of carbonyl (C=O) groups excluding carboxylic acids is 3. The minimum atomic E-state index is -0.876. The Morgan fingerprint density at radius 2 is 1.74 bits per heavy atom. The fourth-order valence-electron chi connectivity index (χ4n) is 5.07. The highest BCUT2D eigenvalue weighted by Gasteiger charge is 2.34. The van der Waals surface area contributed by atoms with Crippen LogP contribution in [-0.2, 0) is 14.4 Å². The second kappa shape index (κ2) is 13.4. The number of carbonyl (C=O) groups is 3. The molecule has 0 saturated heterocycles. The highest BCUT2D eigenvalue weighted by Crippen LogP contribution is 2.33. The summed E-state index contributed by atoms with van der Waals surface area (Å²) < 4.78 is 0. The van der Waals surface area contributed by atoms with Gasteiger partial charge in [0.05, 0.1) is 0 Å². The zero-order valence-corrected chi connectivity index (χ0v) is 23.2. The van der Waals surface area contributed by atoms with E-state index in [9.17, 15) is 14.4 Å². The van der Waals surface area contributed by atoms with E-state index in [4.69, 9.17) is 11.6 Å². The van der Waals surface area contributed by atoms with Crippen LogP contribution in [0, 0.1) is 13.8 Å². The van der Waals surface area contributed by atoms with Crippen molar-refractivity contribution in [3.63, 3.8) is 0 Å². The summed E-state index contributed by atoms with van der Waals surface area (Å²) in [6, 6.07) is 17.4. The number of nitrogens with one attached hydrogen (secondary N) is 2. The molecule has 8 heteroatoms. The van der Waals surface area contributed by atoms with Crippen LogP contribution < -0.4 is 15.5 Å². The van der Waals surface area contributed by atoms with E-state index < -0.39 is 6.04 Å². The second-order valence-electron chi connectivity index (χ2n) is 10.1. The Hall–Kier alpha value is -3.71. The quantitative estimate of drug-likeness (QED) is 0.312. The molecular formula is C31H35ClN4O3. The first-order valence-corrected chi connectivity index (χ1v) is 13.9. The monoisotopic (exact) mass is 546 g/mol. The highest BCUT2D eigenvalue weighted by atomic mass is 35.5. The highest BCUT2D eigenvalue weighted by molar-refractivity contribution is 6.30. The molecule has 3 aromatic rings. The minimum absolute atomic E-state index is 0.0960. The molecule has 1 fully saturated rings. The summed E-state index contributed by atoms with van der Waals surface area (Å²) >= 11 is 6.17. The average Bonchev–Trinajstić information content (AvgIpc) is 3.42. The SMILES string of the molecule is Cc1ccc(N(C(=O)CCCC(=O)Nc2ccccn2)[C@H](C(=O)NC2CCCC2)c2ccc(Cl)cc2)c(C)c1. The molecule has 2 aromatic carbocycles. The first-order chi connectivity index (χ1) is 18.8. The molecule has 0 bridgehead atoms. The summed E-state index contributed by atoms with van der Waals surface area (Å²) in [5, 5.41) is 6.50. The number of aryl methyl sites for hydroxylation is 2. The van der Waals surface area contributed by atoms with Gasteiger partial charge in [0, 0.05) is 35.8 Å². The van der Waals surface area contributed by atoms with Crippen LogP contribution in [0.15, 0.2) is 66.9 Å². The summed E-state index contributed by atoms with van der Waals surface area (Å²) in [5.74, 6) is -0.190. The molecule has 1 atom stereocenters. The van der Waals surface area contributed by atoms with Crippen LogP contribution in [0.2, 0.25) is 5.02 Å². The van der Waals surface area contributed by atoms with Crippen molar-refractivity contribution in [2.75, 3.05) is 10.2 Å². The number of pyridine rings is 1. The fraction of sp³-hybridized carbons (Fsp3) is 0.355. The van der Waals surface area contributed by atoms with Gasteiger partial charge in [-0.15, -0.1) is 0 Å². The predicted molar refractivity (Wildman–Crippen MR) is 155 cm³/mol. The van der Waals surface area contributed by atoms with E-state index in [2.05, 4.69) is 15.6 Å². The van der Waals surface area contributed by atoms with E-state index in [-0.39, 0.29) is 36.6 Å². The fourth-order valence-corrected chi connectivity index (χ4v) is 5.19. The first kappa shape index (κ1) is 28.3. The molecule has 0 radical (unpaired) electrons. The van der Waals surface area contributed by atoms with Crippen LogP contribution in [0.3, 0.4) is 0 Å². The van der Waals surface area contributed by atoms with Crippen molar-refractivity contribution < 1.29 is 14.4 Å². The van der Waals surface area contributed by atoms with Crippen LogP contribution in [-0.4, -0.2) is 28.7 Å². The van der Waals surface area contributed by atoms with Crippen molar-refractivity contribution >= 4 is 40.8 Å². The zero-order valence-electron chi connectivity index (χ0n) is 22.5. The van der Waals surface area contributed by atoms with Gasteiger partial charge in [0.25, 0.3) is 0 Å². The number of nitrogens with zero attached hydrogens (tertiary/aromatic N) is 2. The van der Waals surface area contributed by atoms with Crippen molar-refractivity contribution in [1.29, 1.82) is 0 Å². The number of rotatable bonds is 10. The van der Waals surface area contributed by atoms with Gasteiger partial charge in [0.2, 0.25) is 17.7 Å². The van der Waals surface area contributed by atoms with E-state index >= 15 is 0 Å². The molecule has 0 unspecified atom stereocenters. The molecule has 4 rings (SSSR count). The van der Waals surface area contributed by atoms with Gasteiger partial charge in [0.15, 0.2) is 0 Å². The summed E-state index contributed by atoms with van der Waals surface area (Å²) in [6.07, 6.45) is 6.22. The van der Waals surface area contributed by atoms with Gasteiger partial charge >= 0.3 is 0 Å². The van der Waals surface area contributed by atoms with Crippen LogP contribution in [0.1, 0.15) is 67.7 Å². The second-order valence-corrected chi connectivity index (χ2v) is 10.6. The van der Waals surface area contributed by atoms with Gasteiger partial charge in [-0.3, -0.25) is 19.3 Å². The summed E-state index contributed by atoms with van der Waals surface area (Å²) in [7, 11) is 0. The number of amides is 3. The molecule has 1 aromatic heterocycles. The number of benzene rings is 2. The number of anilines is 2. The third kappa shape index (κ3) is 7.67. The lowest BCUT2D eigenvalue weighted by molar-refractivity contribution is -0.127. The summed E-state index contributed by atoms with van der Waals surface area (Å²) in [6.45, 7) is 3.93. The maximum Gasteiger partial charge on any atom is 0.248 e. The molecule has 1 heterocycles. The molecule has 1 aliphatic rings. The third-order valence-corrected chi connectivity index (χ3v) is 7.25. The zero-order chi connectivity index (χ0) is 27.8. The summed E-state index contributed by atoms with van der Waals surface area (Å²) in [4.78, 5) is 45.9. The number of aromatic nitrogens is 1. The Kier molecular flexibility index (Phi) is 9.71. The van der Waals surface area contributed by atoms with E-state index in [1.165, 1.54) is 0 Å². The predicted octanol–water partition coefficient (Wildman–Crippen LogP) is 6.29. The van der Waals surface area contributed by atoms with E-state index in [1.807, 2.05) is 32.0 Å². The normalized spacial score (nSPS) is 14.0. The summed E-state index contributed by atoms with van der Waals surface area (Å²) in [5.41, 5.74) is 3.30. The topological polar surface area (TPSA) is 91.4 Å². The molecular weight excluding hydrogens is 512 g/mol. The van der Waals surface area contributed by atoms with Crippen molar-refractivity contribution in [3.8, 4) is 0 Å². The lowest BCUT2D eigenvalue weighted by Gasteiger charge is -2.33. The number of hydrogen-bond donors (Lipinski definition) is 2. The van der Waals surface area contributed by atoms with Crippen molar-refractivity contribution in [2.24, 2.45) is 0 Å². The van der Waals surface area contributed by atoms with Gasteiger partial charge < -0.3 is 10.6 Å². The maximum atomic E-state index is 13.9. The lowest BCUT2D eigenvalue weighted by atomic mass is 9.99. The van der Waals surface area contributed by atoms with E-state index in [1.54, 1.807) is 53.6 Å². The van der Waals surface area contributed by atoms with Gasteiger partial charge in [-0.05, 0) is 74.6 Å². The molecule has 204 valence electrons. The van der Waals surface area contributed by atoms with Crippen molar-refractivity contribution in [3.05, 3.63) is 88.6 Å². The Balaban J connectivity index is 1.60. The Morgan fingerprint density at radius 3 is 2.41 bits per heavy atom. The molecule has 2 N–H and O–H groups in total. The Bertz CT molecular complexity index is 1290. The number of hydrogen-bond acceptors (Lipinski definition) is 4. The van der Waals surface area contributed by atoms with Gasteiger partial charge in [-0.25, -0.2) is 4.98 Å². The van der Waals surface area contributed by atoms with Gasteiger partial charge in [0.1, 0.15) is 11.9 Å². The van der Waals surface area contributed by atoms with Crippen molar-refractivity contribution in [2.45, 2.75) is 70.9 Å². The standard InChI is InChI=1S/C31H35ClN4O3/c1-21-13-18-26(22(2)20-21)36(29(38)12-7-11-28(37)35-27-10-5-6-19-33-27)30(23-14-16-24(32)17-15-23)31(39)34-25-8-3-4-9-25/h5-6,10,13-20,25,30H,3-4,7-9,11-12H2,1-2H3,(H,34,39)(H,33,35,37)/t30-/m0/s1. The Labute approximate surface area is 235 Å². The smallest absolute Gasteiger partial charge is 0.248 e. The molecule has 3 amide bonds. The maximum absolute atomic E-state index is 13.9.